The second kappa shape index (κ2) is 31.7. The van der Waals surface area contributed by atoms with Crippen LogP contribution in [0.5, 0.6) is 0 Å². The van der Waals surface area contributed by atoms with Gasteiger partial charge in [0.15, 0.2) is 23.3 Å². The van der Waals surface area contributed by atoms with Crippen LogP contribution in [-0.4, -0.2) is 57.2 Å². The maximum absolute atomic E-state index is 7.08. The average Bonchev–Trinajstić information content (AvgIpc) is 1.55. The summed E-state index contributed by atoms with van der Waals surface area (Å²) in [5.41, 5.74) is 46.6. The first-order valence-electron chi connectivity index (χ1n) is 41.1. The number of rotatable bonds is 23. The van der Waals surface area contributed by atoms with Crippen molar-refractivity contribution in [2.45, 2.75) is 402 Å². The van der Waals surface area contributed by atoms with Gasteiger partial charge in [0.2, 0.25) is 0 Å². The topological polar surface area (TPSA) is 216 Å². The molecule has 6 fully saturated rings. The van der Waals surface area contributed by atoms with Gasteiger partial charge in [-0.2, -0.15) is 0 Å². The fraction of sp³-hybridized carbons (Fsp3) is 0.778. The van der Waals surface area contributed by atoms with E-state index in [0.717, 1.165) is 64.3 Å². The van der Waals surface area contributed by atoms with Gasteiger partial charge in [-0.25, -0.2) is 0 Å². The molecule has 0 spiro atoms. The maximum atomic E-state index is 7.08. The van der Waals surface area contributed by atoms with E-state index in [9.17, 15) is 0 Å². The minimum absolute atomic E-state index is 0.0795. The van der Waals surface area contributed by atoms with Gasteiger partial charge in [0.25, 0.3) is 0 Å². The number of oxime groups is 4. The Labute approximate surface area is 634 Å². The lowest BCUT2D eigenvalue weighted by atomic mass is 9.70. The summed E-state index contributed by atoms with van der Waals surface area (Å²) in [4.78, 5) is 35.2. The molecule has 586 valence electrons. The number of fused-ring (bicyclic) bond motifs is 6. The van der Waals surface area contributed by atoms with E-state index in [1.165, 1.54) is 83.0 Å². The Balaban J connectivity index is 0.000000229. The number of hydrogen-bond acceptors (Lipinski definition) is 10. The third kappa shape index (κ3) is 15.8. The van der Waals surface area contributed by atoms with Gasteiger partial charge in [-0.05, 0) is 228 Å². The monoisotopic (exact) mass is 1440 g/mol. The van der Waals surface area contributed by atoms with Crippen LogP contribution >= 0.6 is 0 Å². The summed E-state index contributed by atoms with van der Waals surface area (Å²) in [6.45, 7) is 80.9. The van der Waals surface area contributed by atoms with Crippen LogP contribution in [0.15, 0.2) is 20.6 Å². The predicted molar refractivity (Wildman–Crippen MR) is 440 cm³/mol. The molecule has 2 heterocycles. The molecular formula is C90H152N10O4. The van der Waals surface area contributed by atoms with E-state index in [1.54, 1.807) is 0 Å². The van der Waals surface area contributed by atoms with Crippen LogP contribution in [0.1, 0.15) is 468 Å². The second-order valence-corrected chi connectivity index (χ2v) is 40.2. The first-order chi connectivity index (χ1) is 47.7. The number of hydrogen-bond donors (Lipinski definition) is 4. The average molecular weight is 1440 g/mol. The normalized spacial score (nSPS) is 26.5. The lowest BCUT2D eigenvalue weighted by molar-refractivity contribution is -0.0447. The Morgan fingerprint density at radius 1 is 0.317 bits per heavy atom. The molecule has 9 atom stereocenters. The molecule has 0 saturated heterocycles. The summed E-state index contributed by atoms with van der Waals surface area (Å²) in [6, 6.07) is 0. The van der Waals surface area contributed by atoms with Crippen molar-refractivity contribution in [2.24, 2.45) is 93.8 Å². The lowest BCUT2D eigenvalue weighted by Gasteiger charge is -2.37. The van der Waals surface area contributed by atoms with Crippen molar-refractivity contribution in [3.63, 3.8) is 0 Å². The van der Waals surface area contributed by atoms with Crippen molar-refractivity contribution in [3.05, 3.63) is 89.5 Å². The smallest absolute Gasteiger partial charge is 0.171 e. The van der Waals surface area contributed by atoms with Crippen molar-refractivity contribution >= 4 is 23.3 Å². The summed E-state index contributed by atoms with van der Waals surface area (Å²) in [5, 5.41) is 18.6. The zero-order chi connectivity index (χ0) is 78.9. The third-order valence-electron chi connectivity index (χ3n) is 27.5. The van der Waals surface area contributed by atoms with E-state index >= 15 is 0 Å². The maximum Gasteiger partial charge on any atom is 0.171 e. The summed E-state index contributed by atoms with van der Waals surface area (Å²) in [5.74, 6) is 7.28. The van der Waals surface area contributed by atoms with Crippen LogP contribution in [-0.2, 0) is 19.4 Å². The van der Waals surface area contributed by atoms with Gasteiger partial charge < -0.3 is 42.3 Å². The highest BCUT2D eigenvalue weighted by molar-refractivity contribution is 6.07. The third-order valence-corrected chi connectivity index (χ3v) is 27.5. The van der Waals surface area contributed by atoms with Crippen LogP contribution in [0.2, 0.25) is 0 Å². The van der Waals surface area contributed by atoms with E-state index in [2.05, 4.69) is 239 Å². The highest BCUT2D eigenvalue weighted by atomic mass is 16.7. The van der Waals surface area contributed by atoms with Gasteiger partial charge in [-0.15, -0.1) is 0 Å². The highest BCUT2D eigenvalue weighted by Crippen LogP contribution is 2.69. The Hall–Kier alpha value is -5.40. The summed E-state index contributed by atoms with van der Waals surface area (Å²) < 4.78 is 0. The van der Waals surface area contributed by atoms with Crippen molar-refractivity contribution in [1.82, 2.24) is 9.97 Å². The zero-order valence-electron chi connectivity index (χ0n) is 72.9. The number of nitrogens with two attached hydrogens (primary N) is 4. The number of benzene rings is 1. The molecule has 2 aromatic heterocycles. The molecule has 14 heteroatoms. The van der Waals surface area contributed by atoms with Gasteiger partial charge in [0.05, 0.1) is 0 Å². The Kier molecular flexibility index (Phi) is 26.1. The molecule has 0 aliphatic heterocycles. The molecule has 8 N–H and O–H groups in total. The first kappa shape index (κ1) is 85.8. The quantitative estimate of drug-likeness (QED) is 0.0400. The predicted octanol–water partition coefficient (Wildman–Crippen LogP) is 23.3. The molecule has 3 aromatic rings. The number of amidine groups is 4. The molecule has 0 radical (unpaired) electrons. The molecule has 14 nitrogen and oxygen atoms in total. The van der Waals surface area contributed by atoms with Crippen molar-refractivity contribution < 1.29 is 19.4 Å². The highest BCUT2D eigenvalue weighted by Gasteiger charge is 2.65. The van der Waals surface area contributed by atoms with Crippen LogP contribution in [0.3, 0.4) is 0 Å². The van der Waals surface area contributed by atoms with Crippen LogP contribution in [0.4, 0.5) is 0 Å². The number of nitrogens with zero attached hydrogens (tertiary/aromatic N) is 6. The molecule has 1 aromatic carbocycles. The molecule has 9 unspecified atom stereocenters. The summed E-state index contributed by atoms with van der Waals surface area (Å²) in [7, 11) is 0. The zero-order valence-corrected chi connectivity index (χ0v) is 72.9. The number of aromatic nitrogens is 2. The van der Waals surface area contributed by atoms with E-state index in [4.69, 9.17) is 62.6 Å². The molecule has 6 bridgehead atoms. The van der Waals surface area contributed by atoms with E-state index in [-0.39, 0.29) is 74.7 Å². The fourth-order valence-electron chi connectivity index (χ4n) is 20.3. The van der Waals surface area contributed by atoms with Crippen LogP contribution in [0, 0.1) is 50.2 Å². The molecular weight excluding hydrogens is 1290 g/mol. The first-order valence-corrected chi connectivity index (χ1v) is 41.1. The van der Waals surface area contributed by atoms with Gasteiger partial charge in [0.1, 0.15) is 23.9 Å². The van der Waals surface area contributed by atoms with Crippen LogP contribution < -0.4 is 22.9 Å². The molecule has 6 aliphatic rings. The summed E-state index contributed by atoms with van der Waals surface area (Å²) >= 11 is 0. The van der Waals surface area contributed by atoms with Crippen molar-refractivity contribution in [2.75, 3.05) is 0 Å². The standard InChI is InChI=1S/C40H66N4O2.C28H47N3O.C22H39N3O/c1-21(2)29-30(22(3)4)34(36(42)44-46-28-20-26-16-18-40(28,14)38(26,11)12)32(24(7)8)31(23(5)6)33(29)35(41)43-45-27-19-25-15-17-39(27,13)37(25,9)10;1-15(2)21-23(22(16(3)4)25(18(7)8)30-24(21)17(5)6)26(29)31-32-20-14-19-12-13-28(20,11)27(19,9)10;1-12(2)16-18(21(23)25-26-22(9,10)11)17(13(3)4)20(15(7)8)24-19(16)14(5)6/h21-28H,15-20H2,1-14H3,(H2,41,43)(H2,42,44);15-20H,12-14H2,1-11H3,(H2,29,31);12-15H,1-11H3,(H2,23,25). The minimum Gasteiger partial charge on any atom is -0.390 e. The Bertz CT molecular complexity index is 3440. The fourth-order valence-corrected chi connectivity index (χ4v) is 20.3. The van der Waals surface area contributed by atoms with Crippen LogP contribution in [0.25, 0.3) is 0 Å². The van der Waals surface area contributed by atoms with E-state index in [1.807, 2.05) is 20.8 Å². The molecule has 6 saturated carbocycles. The SMILES string of the molecule is CC(C)c1c(/C(N)=N/OC2CC3CCC2(C)C3(C)C)c(C(C)C)c(C(C)C)c(/C(N)=N/OC2CC3CCC2(C)C3(C)C)c1C(C)C.CC(C)c1nc(C(C)C)c(C(C)C)c(/C(N)=N/OC(C)(C)C)c1C(C)C.CC(C)c1nc(C(C)C)c(C(C)C)c(/C(N)=N/OC2CC3CCC2(C)C3(C)C)c1C(C)C. The molecule has 6 aliphatic carbocycles. The van der Waals surface area contributed by atoms with Gasteiger partial charge in [0, 0.05) is 61.3 Å². The molecule has 0 amide bonds. The van der Waals surface area contributed by atoms with Crippen molar-refractivity contribution in [1.29, 1.82) is 0 Å². The molecule has 9 rings (SSSR count). The van der Waals surface area contributed by atoms with Gasteiger partial charge in [-0.1, -0.05) is 249 Å². The van der Waals surface area contributed by atoms with Crippen molar-refractivity contribution in [3.8, 4) is 0 Å². The van der Waals surface area contributed by atoms with Gasteiger partial charge in [-0.3, -0.25) is 9.97 Å². The van der Waals surface area contributed by atoms with E-state index < -0.39 is 0 Å². The number of pyridine rings is 2. The molecule has 104 heavy (non-hydrogen) atoms. The largest absolute Gasteiger partial charge is 0.390 e. The Morgan fingerprint density at radius 2 is 0.510 bits per heavy atom. The lowest BCUT2D eigenvalue weighted by Crippen LogP contribution is -2.37. The van der Waals surface area contributed by atoms with E-state index in [0.29, 0.717) is 93.9 Å². The minimum atomic E-state index is -0.380. The Morgan fingerprint density at radius 3 is 0.663 bits per heavy atom. The van der Waals surface area contributed by atoms with Gasteiger partial charge >= 0.3 is 0 Å². The summed E-state index contributed by atoms with van der Waals surface area (Å²) in [6.07, 6.45) is 10.9. The second-order valence-electron chi connectivity index (χ2n) is 40.2.